The lowest BCUT2D eigenvalue weighted by Gasteiger charge is -2.38. The molecule has 0 aliphatic carbocycles. The van der Waals surface area contributed by atoms with Crippen molar-refractivity contribution >= 4 is 17.8 Å². The van der Waals surface area contributed by atoms with Gasteiger partial charge in [0, 0.05) is 26.2 Å². The van der Waals surface area contributed by atoms with Crippen LogP contribution in [0.1, 0.15) is 41.0 Å². The average molecular weight is 496 g/mol. The highest BCUT2D eigenvalue weighted by Crippen LogP contribution is 2.65. The number of carbonyl (C=O) groups excluding carboxylic acids is 3. The molecule has 198 valence electrons. The third-order valence-electron chi connectivity index (χ3n) is 8.69. The van der Waals surface area contributed by atoms with E-state index < -0.39 is 41.1 Å². The van der Waals surface area contributed by atoms with E-state index in [1.807, 2.05) is 27.7 Å². The Morgan fingerprint density at radius 1 is 1.29 bits per heavy atom. The van der Waals surface area contributed by atoms with E-state index in [0.29, 0.717) is 32.7 Å². The number of morpholine rings is 1. The van der Waals surface area contributed by atoms with E-state index in [9.17, 15) is 19.5 Å². The van der Waals surface area contributed by atoms with Crippen LogP contribution in [0.2, 0.25) is 0 Å². The number of ether oxygens (including phenoxy) is 3. The summed E-state index contributed by atoms with van der Waals surface area (Å²) >= 11 is 0. The first-order chi connectivity index (χ1) is 16.6. The normalized spacial score (nSPS) is 37.6. The minimum atomic E-state index is -1.13. The first-order valence-corrected chi connectivity index (χ1v) is 13.0. The Kier molecular flexibility index (Phi) is 7.48. The maximum atomic E-state index is 14.0. The van der Waals surface area contributed by atoms with Gasteiger partial charge >= 0.3 is 5.97 Å². The van der Waals surface area contributed by atoms with Crippen LogP contribution >= 0.6 is 0 Å². The molecule has 4 aliphatic rings. The van der Waals surface area contributed by atoms with Gasteiger partial charge in [-0.1, -0.05) is 20.8 Å². The zero-order valence-electron chi connectivity index (χ0n) is 21.6. The van der Waals surface area contributed by atoms with Gasteiger partial charge in [-0.3, -0.25) is 19.3 Å². The molecule has 2 N–H and O–H groups in total. The number of nitrogens with one attached hydrogen (secondary N) is 1. The van der Waals surface area contributed by atoms with Crippen molar-refractivity contribution in [2.75, 3.05) is 52.6 Å². The zero-order valence-corrected chi connectivity index (χ0v) is 21.6. The molecule has 2 amide bonds. The van der Waals surface area contributed by atoms with Crippen LogP contribution in [-0.4, -0.2) is 109 Å². The fourth-order valence-electron chi connectivity index (χ4n) is 6.80. The first kappa shape index (κ1) is 26.3. The molecule has 3 unspecified atom stereocenters. The molecule has 7 atom stereocenters. The van der Waals surface area contributed by atoms with Crippen molar-refractivity contribution < 1.29 is 33.7 Å². The minimum absolute atomic E-state index is 0.0452. The second-order valence-corrected chi connectivity index (χ2v) is 10.9. The fourth-order valence-corrected chi connectivity index (χ4v) is 6.80. The second kappa shape index (κ2) is 9.95. The van der Waals surface area contributed by atoms with Crippen molar-refractivity contribution in [1.29, 1.82) is 0 Å². The van der Waals surface area contributed by atoms with Gasteiger partial charge < -0.3 is 29.5 Å². The molecule has 35 heavy (non-hydrogen) atoms. The van der Waals surface area contributed by atoms with Gasteiger partial charge in [0.15, 0.2) is 0 Å². The standard InChI is InChI=1S/C25H41N3O7/c1-6-34-23(32)19-18-22(31)28(17(14-29)15(2)3)20(25(18)13-16(4)24(19,5)35-25)21(30)26-7-8-27-9-11-33-12-10-27/h15-20,29H,6-14H2,1-5H3,(H,26,30)/t16?,17-,18-,19-,20?,24+,25?/m0/s1. The van der Waals surface area contributed by atoms with Crippen LogP contribution in [0.3, 0.4) is 0 Å². The topological polar surface area (TPSA) is 118 Å². The Bertz CT molecular complexity index is 832. The fraction of sp³-hybridized carbons (Fsp3) is 0.880. The van der Waals surface area contributed by atoms with Gasteiger partial charge in [-0.15, -0.1) is 0 Å². The van der Waals surface area contributed by atoms with Gasteiger partial charge in [-0.25, -0.2) is 0 Å². The number of aliphatic hydroxyl groups excluding tert-OH is 1. The van der Waals surface area contributed by atoms with Crippen LogP contribution in [0.25, 0.3) is 0 Å². The molecule has 10 heteroatoms. The van der Waals surface area contributed by atoms with Gasteiger partial charge in [-0.2, -0.15) is 0 Å². The molecule has 0 radical (unpaired) electrons. The molecule has 1 spiro atoms. The number of nitrogens with zero attached hydrogens (tertiary/aromatic N) is 2. The molecule has 0 aromatic heterocycles. The number of amides is 2. The van der Waals surface area contributed by atoms with Crippen LogP contribution in [-0.2, 0) is 28.6 Å². The zero-order chi connectivity index (χ0) is 25.5. The van der Waals surface area contributed by atoms with E-state index in [1.165, 1.54) is 4.90 Å². The van der Waals surface area contributed by atoms with Crippen molar-refractivity contribution in [3.8, 4) is 0 Å². The molecule has 0 saturated carbocycles. The molecule has 4 saturated heterocycles. The van der Waals surface area contributed by atoms with Gasteiger partial charge in [0.05, 0.1) is 44.0 Å². The summed E-state index contributed by atoms with van der Waals surface area (Å²) in [6.45, 7) is 13.5. The Morgan fingerprint density at radius 3 is 2.57 bits per heavy atom. The molecule has 2 bridgehead atoms. The summed E-state index contributed by atoms with van der Waals surface area (Å²) in [5.41, 5.74) is -2.02. The Balaban J connectivity index is 1.66. The summed E-state index contributed by atoms with van der Waals surface area (Å²) in [5.74, 6) is -2.80. The average Bonchev–Trinajstić information content (AvgIpc) is 3.32. The highest BCUT2D eigenvalue weighted by molar-refractivity contribution is 5.98. The number of carbonyl (C=O) groups is 3. The van der Waals surface area contributed by atoms with Crippen LogP contribution in [0.5, 0.6) is 0 Å². The monoisotopic (exact) mass is 495 g/mol. The number of aliphatic hydroxyl groups is 1. The second-order valence-electron chi connectivity index (χ2n) is 10.9. The van der Waals surface area contributed by atoms with Crippen molar-refractivity contribution in [1.82, 2.24) is 15.1 Å². The van der Waals surface area contributed by atoms with E-state index in [4.69, 9.17) is 14.2 Å². The van der Waals surface area contributed by atoms with Gasteiger partial charge in [-0.05, 0) is 32.1 Å². The SMILES string of the molecule is CCOC(=O)[C@@H]1[C@H]2C(=O)N([C@@H](CO)C(C)C)C(C(=O)NCCN3CCOCC3)C23CC(C)[C@@]1(C)O3. The summed E-state index contributed by atoms with van der Waals surface area (Å²) in [4.78, 5) is 44.7. The van der Waals surface area contributed by atoms with E-state index in [2.05, 4.69) is 10.2 Å². The highest BCUT2D eigenvalue weighted by Gasteiger charge is 2.80. The molecule has 4 fully saturated rings. The van der Waals surface area contributed by atoms with Crippen molar-refractivity contribution in [3.05, 3.63) is 0 Å². The number of likely N-dealkylation sites (tertiary alicyclic amines) is 1. The lowest BCUT2D eigenvalue weighted by Crippen LogP contribution is -2.59. The minimum Gasteiger partial charge on any atom is -0.466 e. The Morgan fingerprint density at radius 2 is 1.97 bits per heavy atom. The third-order valence-corrected chi connectivity index (χ3v) is 8.69. The molecular formula is C25H41N3O7. The molecule has 10 nitrogen and oxygen atoms in total. The molecular weight excluding hydrogens is 454 g/mol. The van der Waals surface area contributed by atoms with E-state index >= 15 is 0 Å². The Hall–Kier alpha value is -1.75. The van der Waals surface area contributed by atoms with Crippen LogP contribution in [0.15, 0.2) is 0 Å². The summed E-state index contributed by atoms with van der Waals surface area (Å²) in [6, 6.07) is -1.49. The number of hydrogen-bond donors (Lipinski definition) is 2. The number of esters is 1. The van der Waals surface area contributed by atoms with Crippen LogP contribution in [0.4, 0.5) is 0 Å². The van der Waals surface area contributed by atoms with Crippen molar-refractivity contribution in [2.24, 2.45) is 23.7 Å². The first-order valence-electron chi connectivity index (χ1n) is 13.0. The predicted octanol–water partition coefficient (Wildman–Crippen LogP) is 0.0255. The molecule has 4 rings (SSSR count). The van der Waals surface area contributed by atoms with Gasteiger partial charge in [0.2, 0.25) is 11.8 Å². The lowest BCUT2D eigenvalue weighted by atomic mass is 9.62. The third kappa shape index (κ3) is 4.16. The van der Waals surface area contributed by atoms with Gasteiger partial charge in [0.25, 0.3) is 0 Å². The predicted molar refractivity (Wildman–Crippen MR) is 126 cm³/mol. The largest absolute Gasteiger partial charge is 0.466 e. The van der Waals surface area contributed by atoms with Crippen LogP contribution in [0, 0.1) is 23.7 Å². The summed E-state index contributed by atoms with van der Waals surface area (Å²) < 4.78 is 17.4. The molecule has 0 aromatic carbocycles. The highest BCUT2D eigenvalue weighted by atomic mass is 16.6. The molecule has 0 aromatic rings. The van der Waals surface area contributed by atoms with Crippen molar-refractivity contribution in [2.45, 2.75) is 64.3 Å². The summed E-state index contributed by atoms with van der Waals surface area (Å²) in [7, 11) is 0. The molecule has 4 aliphatic heterocycles. The Labute approximate surface area is 207 Å². The summed E-state index contributed by atoms with van der Waals surface area (Å²) in [6.07, 6.45) is 0.490. The lowest BCUT2D eigenvalue weighted by molar-refractivity contribution is -0.162. The van der Waals surface area contributed by atoms with E-state index in [0.717, 1.165) is 13.1 Å². The maximum Gasteiger partial charge on any atom is 0.312 e. The van der Waals surface area contributed by atoms with Crippen LogP contribution < -0.4 is 5.32 Å². The van der Waals surface area contributed by atoms with Gasteiger partial charge in [0.1, 0.15) is 17.6 Å². The number of fused-ring (bicyclic) bond motifs is 1. The summed E-state index contributed by atoms with van der Waals surface area (Å²) in [5, 5.41) is 13.3. The van der Waals surface area contributed by atoms with Crippen molar-refractivity contribution in [3.63, 3.8) is 0 Å². The number of hydrogen-bond acceptors (Lipinski definition) is 8. The maximum absolute atomic E-state index is 14.0. The smallest absolute Gasteiger partial charge is 0.312 e. The van der Waals surface area contributed by atoms with E-state index in [-0.39, 0.29) is 36.9 Å². The quantitative estimate of drug-likeness (QED) is 0.430. The van der Waals surface area contributed by atoms with E-state index in [1.54, 1.807) is 6.92 Å². The molecule has 4 heterocycles. The number of rotatable bonds is 9.